The van der Waals surface area contributed by atoms with Crippen LogP contribution in [0.25, 0.3) is 11.4 Å². The molecule has 0 bridgehead atoms. The van der Waals surface area contributed by atoms with E-state index >= 15 is 0 Å². The van der Waals surface area contributed by atoms with Crippen molar-refractivity contribution in [3.8, 4) is 23.0 Å². The maximum absolute atomic E-state index is 5.94. The molecule has 128 valence electrons. The molecular weight excluding hydrogens is 322 g/mol. The van der Waals surface area contributed by atoms with Gasteiger partial charge in [0.05, 0.1) is 19.9 Å². The molecule has 25 heavy (non-hydrogen) atoms. The topological polar surface area (TPSA) is 112 Å². The van der Waals surface area contributed by atoms with Crippen LogP contribution in [0.1, 0.15) is 23.9 Å². The van der Waals surface area contributed by atoms with Crippen molar-refractivity contribution in [3.05, 3.63) is 36.0 Å². The van der Waals surface area contributed by atoms with Crippen molar-refractivity contribution in [2.75, 3.05) is 13.7 Å². The van der Waals surface area contributed by atoms with Gasteiger partial charge in [0.25, 0.3) is 0 Å². The molecule has 2 unspecified atom stereocenters. The molecule has 0 aromatic carbocycles. The number of hydrogen-bond donors (Lipinski definition) is 1. The highest BCUT2D eigenvalue weighted by molar-refractivity contribution is 5.59. The van der Waals surface area contributed by atoms with Crippen LogP contribution in [0.2, 0.25) is 0 Å². The predicted octanol–water partition coefficient (Wildman–Crippen LogP) is 1.55. The largest absolute Gasteiger partial charge is 0.495 e. The Labute approximate surface area is 143 Å². The van der Waals surface area contributed by atoms with Crippen LogP contribution in [0.15, 0.2) is 24.5 Å². The monoisotopic (exact) mass is 339 g/mol. The average Bonchev–Trinajstić information content (AvgIpc) is 3.21. The molecule has 0 aliphatic heterocycles. The lowest BCUT2D eigenvalue weighted by Crippen LogP contribution is -2.06. The van der Waals surface area contributed by atoms with Crippen molar-refractivity contribution in [2.24, 2.45) is 5.92 Å². The first kappa shape index (κ1) is 15.4. The van der Waals surface area contributed by atoms with E-state index in [1.807, 2.05) is 19.1 Å². The summed E-state index contributed by atoms with van der Waals surface area (Å²) in [4.78, 5) is 13.0. The fourth-order valence-electron chi connectivity index (χ4n) is 2.70. The van der Waals surface area contributed by atoms with Crippen molar-refractivity contribution in [2.45, 2.75) is 19.3 Å². The summed E-state index contributed by atoms with van der Waals surface area (Å²) in [6.07, 6.45) is 4.44. The van der Waals surface area contributed by atoms with E-state index in [2.05, 4.69) is 35.6 Å². The highest BCUT2D eigenvalue weighted by Crippen LogP contribution is 2.47. The summed E-state index contributed by atoms with van der Waals surface area (Å²) in [6.45, 7) is 2.37. The summed E-state index contributed by atoms with van der Waals surface area (Å²) in [5.41, 5.74) is 1.69. The number of methoxy groups -OCH3 is 1. The van der Waals surface area contributed by atoms with Gasteiger partial charge in [0.15, 0.2) is 0 Å². The van der Waals surface area contributed by atoms with Gasteiger partial charge in [-0.3, -0.25) is 4.98 Å². The van der Waals surface area contributed by atoms with E-state index in [9.17, 15) is 0 Å². The Kier molecular flexibility index (Phi) is 3.96. The molecule has 1 saturated carbocycles. The third kappa shape index (κ3) is 3.25. The lowest BCUT2D eigenvalue weighted by molar-refractivity contribution is 0.285. The Morgan fingerprint density at radius 1 is 1.24 bits per heavy atom. The summed E-state index contributed by atoms with van der Waals surface area (Å²) in [6, 6.07) is 3.93. The number of ether oxygens (including phenoxy) is 2. The number of pyridine rings is 1. The van der Waals surface area contributed by atoms with Gasteiger partial charge in [-0.1, -0.05) is 0 Å². The number of H-pyrrole nitrogens is 1. The molecule has 3 heterocycles. The highest BCUT2D eigenvalue weighted by Gasteiger charge is 2.40. The van der Waals surface area contributed by atoms with Crippen LogP contribution in [-0.4, -0.2) is 49.3 Å². The maximum Gasteiger partial charge on any atom is 0.228 e. The first-order valence-corrected chi connectivity index (χ1v) is 7.95. The minimum absolute atomic E-state index is 0.405. The van der Waals surface area contributed by atoms with E-state index < -0.39 is 0 Å². The van der Waals surface area contributed by atoms with Crippen LogP contribution in [0.5, 0.6) is 11.6 Å². The molecule has 1 fully saturated rings. The molecule has 0 amide bonds. The molecule has 9 nitrogen and oxygen atoms in total. The molecule has 0 spiro atoms. The number of nitrogens with zero attached hydrogens (tertiary/aromatic N) is 6. The van der Waals surface area contributed by atoms with Gasteiger partial charge in [-0.25, -0.2) is 4.98 Å². The van der Waals surface area contributed by atoms with Crippen molar-refractivity contribution in [3.63, 3.8) is 0 Å². The molecule has 4 rings (SSSR count). The zero-order chi connectivity index (χ0) is 17.2. The van der Waals surface area contributed by atoms with Crippen molar-refractivity contribution < 1.29 is 9.47 Å². The van der Waals surface area contributed by atoms with Crippen LogP contribution in [0.3, 0.4) is 0 Å². The number of rotatable bonds is 6. The third-order valence-electron chi connectivity index (χ3n) is 4.19. The van der Waals surface area contributed by atoms with Gasteiger partial charge in [-0.15, -0.1) is 10.2 Å². The van der Waals surface area contributed by atoms with Gasteiger partial charge in [0.2, 0.25) is 11.7 Å². The number of aryl methyl sites for hydroxylation is 1. The summed E-state index contributed by atoms with van der Waals surface area (Å²) in [5.74, 6) is 3.10. The standard InChI is InChI=1S/C16H17N7O2/c1-9-17-7-13(15-20-22-23-21-15)16(19-9)25-8-10-5-12(10)14-4-3-11(24-2)6-18-14/h3-4,6-7,10,12H,5,8H2,1-2H3,(H,20,21,22,23). The normalized spacial score (nSPS) is 18.8. The minimum atomic E-state index is 0.405. The molecule has 3 aromatic rings. The highest BCUT2D eigenvalue weighted by atomic mass is 16.5. The average molecular weight is 339 g/mol. The molecule has 3 aromatic heterocycles. The Morgan fingerprint density at radius 3 is 2.88 bits per heavy atom. The Morgan fingerprint density at radius 2 is 2.16 bits per heavy atom. The molecule has 1 aliphatic carbocycles. The zero-order valence-corrected chi connectivity index (χ0v) is 13.9. The molecule has 0 radical (unpaired) electrons. The SMILES string of the molecule is COc1ccc(C2CC2COc2nc(C)ncc2-c2nn[nH]n2)nc1. The van der Waals surface area contributed by atoms with Crippen LogP contribution in [-0.2, 0) is 0 Å². The smallest absolute Gasteiger partial charge is 0.228 e. The molecule has 0 saturated heterocycles. The first-order chi connectivity index (χ1) is 12.2. The second kappa shape index (κ2) is 6.42. The van der Waals surface area contributed by atoms with Crippen LogP contribution in [0.4, 0.5) is 0 Å². The predicted molar refractivity (Wildman–Crippen MR) is 87.1 cm³/mol. The zero-order valence-electron chi connectivity index (χ0n) is 13.9. The van der Waals surface area contributed by atoms with Gasteiger partial charge < -0.3 is 9.47 Å². The van der Waals surface area contributed by atoms with Crippen LogP contribution in [0, 0.1) is 12.8 Å². The lowest BCUT2D eigenvalue weighted by atomic mass is 10.2. The maximum atomic E-state index is 5.94. The summed E-state index contributed by atoms with van der Waals surface area (Å²) >= 11 is 0. The Balaban J connectivity index is 1.43. The fourth-order valence-corrected chi connectivity index (χ4v) is 2.70. The molecule has 9 heteroatoms. The number of hydrogen-bond acceptors (Lipinski definition) is 8. The number of aromatic amines is 1. The van der Waals surface area contributed by atoms with E-state index in [0.717, 1.165) is 17.9 Å². The van der Waals surface area contributed by atoms with E-state index in [0.29, 0.717) is 41.5 Å². The van der Waals surface area contributed by atoms with E-state index in [4.69, 9.17) is 9.47 Å². The number of tetrazole rings is 1. The lowest BCUT2D eigenvalue weighted by Gasteiger charge is -2.08. The molecular formula is C16H17N7O2. The molecule has 2 atom stereocenters. The fraction of sp³-hybridized carbons (Fsp3) is 0.375. The summed E-state index contributed by atoms with van der Waals surface area (Å²) in [7, 11) is 1.63. The second-order valence-corrected chi connectivity index (χ2v) is 5.91. The van der Waals surface area contributed by atoms with Crippen LogP contribution < -0.4 is 9.47 Å². The molecule has 1 aliphatic rings. The summed E-state index contributed by atoms with van der Waals surface area (Å²) in [5, 5.41) is 13.9. The van der Waals surface area contributed by atoms with Gasteiger partial charge in [0.1, 0.15) is 17.1 Å². The molecule has 1 N–H and O–H groups in total. The minimum Gasteiger partial charge on any atom is -0.495 e. The van der Waals surface area contributed by atoms with Gasteiger partial charge in [-0.05, 0) is 30.7 Å². The first-order valence-electron chi connectivity index (χ1n) is 7.95. The van der Waals surface area contributed by atoms with Gasteiger partial charge >= 0.3 is 0 Å². The number of nitrogens with one attached hydrogen (secondary N) is 1. The van der Waals surface area contributed by atoms with E-state index in [1.54, 1.807) is 19.5 Å². The Bertz CT molecular complexity index is 851. The van der Waals surface area contributed by atoms with Crippen molar-refractivity contribution in [1.29, 1.82) is 0 Å². The third-order valence-corrected chi connectivity index (χ3v) is 4.19. The number of aromatic nitrogens is 7. The van der Waals surface area contributed by atoms with E-state index in [-0.39, 0.29) is 0 Å². The van der Waals surface area contributed by atoms with Crippen LogP contribution >= 0.6 is 0 Å². The van der Waals surface area contributed by atoms with Crippen molar-refractivity contribution >= 4 is 0 Å². The van der Waals surface area contributed by atoms with Gasteiger partial charge in [-0.2, -0.15) is 10.2 Å². The summed E-state index contributed by atoms with van der Waals surface area (Å²) < 4.78 is 11.1. The Hall–Kier alpha value is -3.10. The van der Waals surface area contributed by atoms with Gasteiger partial charge in [0, 0.05) is 23.7 Å². The quantitative estimate of drug-likeness (QED) is 0.720. The van der Waals surface area contributed by atoms with E-state index in [1.165, 1.54) is 0 Å². The second-order valence-electron chi connectivity index (χ2n) is 5.91. The van der Waals surface area contributed by atoms with Crippen molar-refractivity contribution in [1.82, 2.24) is 35.6 Å².